The van der Waals surface area contributed by atoms with Crippen LogP contribution in [0.15, 0.2) is 0 Å². The average molecular weight is 238 g/mol. The first-order valence-electron chi connectivity index (χ1n) is 6.51. The fourth-order valence-electron chi connectivity index (χ4n) is 2.44. The van der Waals surface area contributed by atoms with Crippen LogP contribution in [0.2, 0.25) is 0 Å². The second-order valence-corrected chi connectivity index (χ2v) is 4.79. The highest BCUT2D eigenvalue weighted by atomic mass is 16.3. The summed E-state index contributed by atoms with van der Waals surface area (Å²) in [4.78, 5) is 0. The maximum absolute atomic E-state index is 8.91. The SMILES string of the molecule is Cc1nnc(CC2CCNCC2)n1CCCO. The lowest BCUT2D eigenvalue weighted by molar-refractivity contribution is 0.277. The van der Waals surface area contributed by atoms with Gasteiger partial charge in [0.2, 0.25) is 0 Å². The first kappa shape index (κ1) is 12.5. The van der Waals surface area contributed by atoms with Gasteiger partial charge in [-0.15, -0.1) is 10.2 Å². The maximum atomic E-state index is 8.91. The molecule has 1 saturated heterocycles. The Kier molecular flexibility index (Phi) is 4.50. The Balaban J connectivity index is 1.98. The smallest absolute Gasteiger partial charge is 0.133 e. The first-order valence-corrected chi connectivity index (χ1v) is 6.51. The molecule has 1 aliphatic heterocycles. The number of aliphatic hydroxyl groups excluding tert-OH is 1. The van der Waals surface area contributed by atoms with Crippen LogP contribution in [0.5, 0.6) is 0 Å². The van der Waals surface area contributed by atoms with E-state index in [2.05, 4.69) is 20.1 Å². The number of hydrogen-bond donors (Lipinski definition) is 2. The van der Waals surface area contributed by atoms with E-state index in [1.807, 2.05) is 6.92 Å². The molecule has 1 aromatic rings. The number of nitrogens with one attached hydrogen (secondary N) is 1. The summed E-state index contributed by atoms with van der Waals surface area (Å²) in [5.74, 6) is 2.78. The lowest BCUT2D eigenvalue weighted by Gasteiger charge is -2.22. The summed E-state index contributed by atoms with van der Waals surface area (Å²) in [5, 5.41) is 20.7. The largest absolute Gasteiger partial charge is 0.396 e. The van der Waals surface area contributed by atoms with Crippen molar-refractivity contribution in [1.82, 2.24) is 20.1 Å². The van der Waals surface area contributed by atoms with Gasteiger partial charge in [0, 0.05) is 19.6 Å². The predicted molar refractivity (Wildman–Crippen MR) is 65.8 cm³/mol. The second kappa shape index (κ2) is 6.12. The van der Waals surface area contributed by atoms with E-state index in [1.54, 1.807) is 0 Å². The lowest BCUT2D eigenvalue weighted by Crippen LogP contribution is -2.29. The van der Waals surface area contributed by atoms with Crippen LogP contribution in [-0.2, 0) is 13.0 Å². The minimum atomic E-state index is 0.227. The monoisotopic (exact) mass is 238 g/mol. The molecule has 0 saturated carbocycles. The topological polar surface area (TPSA) is 63.0 Å². The summed E-state index contributed by atoms with van der Waals surface area (Å²) >= 11 is 0. The van der Waals surface area contributed by atoms with E-state index in [-0.39, 0.29) is 6.61 Å². The van der Waals surface area contributed by atoms with E-state index in [9.17, 15) is 0 Å². The van der Waals surface area contributed by atoms with Gasteiger partial charge in [0.25, 0.3) is 0 Å². The lowest BCUT2D eigenvalue weighted by atomic mass is 9.94. The third-order valence-electron chi connectivity index (χ3n) is 3.48. The van der Waals surface area contributed by atoms with Gasteiger partial charge in [-0.05, 0) is 45.2 Å². The van der Waals surface area contributed by atoms with Gasteiger partial charge in [-0.1, -0.05) is 0 Å². The molecule has 1 aliphatic rings. The molecule has 2 heterocycles. The molecule has 1 fully saturated rings. The summed E-state index contributed by atoms with van der Waals surface area (Å²) in [7, 11) is 0. The molecule has 2 rings (SSSR count). The molecule has 5 heteroatoms. The normalized spacial score (nSPS) is 17.5. The summed E-state index contributed by atoms with van der Waals surface area (Å²) in [6.45, 7) is 5.28. The highest BCUT2D eigenvalue weighted by Gasteiger charge is 2.17. The van der Waals surface area contributed by atoms with Gasteiger partial charge in [0.05, 0.1) is 0 Å². The third kappa shape index (κ3) is 3.26. The molecule has 1 aromatic heterocycles. The molecule has 2 N–H and O–H groups in total. The quantitative estimate of drug-likeness (QED) is 0.784. The minimum Gasteiger partial charge on any atom is -0.396 e. The molecule has 0 aromatic carbocycles. The van der Waals surface area contributed by atoms with Crippen LogP contribution in [-0.4, -0.2) is 39.6 Å². The highest BCUT2D eigenvalue weighted by molar-refractivity contribution is 4.96. The van der Waals surface area contributed by atoms with Crippen LogP contribution >= 0.6 is 0 Å². The van der Waals surface area contributed by atoms with E-state index < -0.39 is 0 Å². The van der Waals surface area contributed by atoms with Crippen molar-refractivity contribution in [3.63, 3.8) is 0 Å². The standard InChI is InChI=1S/C12H22N4O/c1-10-14-15-12(16(10)7-2-8-17)9-11-3-5-13-6-4-11/h11,13,17H,2-9H2,1H3. The minimum absolute atomic E-state index is 0.227. The maximum Gasteiger partial charge on any atom is 0.133 e. The molecule has 0 atom stereocenters. The van der Waals surface area contributed by atoms with Gasteiger partial charge in [-0.25, -0.2) is 0 Å². The summed E-state index contributed by atoms with van der Waals surface area (Å²) in [5.41, 5.74) is 0. The summed E-state index contributed by atoms with van der Waals surface area (Å²) in [6.07, 6.45) is 4.25. The summed E-state index contributed by atoms with van der Waals surface area (Å²) in [6, 6.07) is 0. The zero-order valence-electron chi connectivity index (χ0n) is 10.5. The molecule has 5 nitrogen and oxygen atoms in total. The van der Waals surface area contributed by atoms with Crippen molar-refractivity contribution in [2.45, 2.75) is 39.2 Å². The van der Waals surface area contributed by atoms with Crippen molar-refractivity contribution in [2.24, 2.45) is 5.92 Å². The van der Waals surface area contributed by atoms with Crippen molar-refractivity contribution in [3.05, 3.63) is 11.6 Å². The molecule has 0 aliphatic carbocycles. The van der Waals surface area contributed by atoms with Gasteiger partial charge in [0.15, 0.2) is 0 Å². The number of hydrogen-bond acceptors (Lipinski definition) is 4. The molecule has 0 amide bonds. The predicted octanol–water partition coefficient (Wildman–Crippen LogP) is 0.511. The Labute approximate surface area is 102 Å². The van der Waals surface area contributed by atoms with Gasteiger partial charge in [0.1, 0.15) is 11.6 Å². The Morgan fingerprint density at radius 1 is 1.35 bits per heavy atom. The van der Waals surface area contributed by atoms with Crippen molar-refractivity contribution in [1.29, 1.82) is 0 Å². The molecule has 17 heavy (non-hydrogen) atoms. The van der Waals surface area contributed by atoms with Crippen LogP contribution < -0.4 is 5.32 Å². The van der Waals surface area contributed by atoms with Gasteiger partial charge in [-0.3, -0.25) is 0 Å². The molecular weight excluding hydrogens is 216 g/mol. The van der Waals surface area contributed by atoms with Crippen molar-refractivity contribution >= 4 is 0 Å². The van der Waals surface area contributed by atoms with E-state index >= 15 is 0 Å². The van der Waals surface area contributed by atoms with Crippen molar-refractivity contribution in [3.8, 4) is 0 Å². The van der Waals surface area contributed by atoms with Crippen molar-refractivity contribution in [2.75, 3.05) is 19.7 Å². The summed E-state index contributed by atoms with van der Waals surface area (Å²) < 4.78 is 2.15. The highest BCUT2D eigenvalue weighted by Crippen LogP contribution is 2.17. The third-order valence-corrected chi connectivity index (χ3v) is 3.48. The number of rotatable bonds is 5. The Morgan fingerprint density at radius 2 is 2.12 bits per heavy atom. The van der Waals surface area contributed by atoms with Gasteiger partial charge >= 0.3 is 0 Å². The zero-order valence-corrected chi connectivity index (χ0v) is 10.5. The number of aromatic nitrogens is 3. The van der Waals surface area contributed by atoms with E-state index in [1.165, 1.54) is 12.8 Å². The second-order valence-electron chi connectivity index (χ2n) is 4.79. The molecular formula is C12H22N4O. The van der Waals surface area contributed by atoms with E-state index in [4.69, 9.17) is 5.11 Å². The molecule has 0 unspecified atom stereocenters. The number of aryl methyl sites for hydroxylation is 1. The Hall–Kier alpha value is -0.940. The Morgan fingerprint density at radius 3 is 2.82 bits per heavy atom. The first-order chi connectivity index (χ1) is 8.31. The fraction of sp³-hybridized carbons (Fsp3) is 0.833. The number of piperidine rings is 1. The molecule has 0 radical (unpaired) electrons. The Bertz CT molecular complexity index is 344. The van der Waals surface area contributed by atoms with Crippen LogP contribution in [0.25, 0.3) is 0 Å². The van der Waals surface area contributed by atoms with E-state index in [0.29, 0.717) is 0 Å². The van der Waals surface area contributed by atoms with Crippen molar-refractivity contribution < 1.29 is 5.11 Å². The molecule has 96 valence electrons. The van der Waals surface area contributed by atoms with Crippen LogP contribution in [0.3, 0.4) is 0 Å². The molecule has 0 spiro atoms. The average Bonchev–Trinajstić information content (AvgIpc) is 2.69. The van der Waals surface area contributed by atoms with Gasteiger partial charge in [-0.2, -0.15) is 0 Å². The van der Waals surface area contributed by atoms with E-state index in [0.717, 1.165) is 50.0 Å². The number of aliphatic hydroxyl groups is 1. The van der Waals surface area contributed by atoms with Crippen LogP contribution in [0, 0.1) is 12.8 Å². The number of nitrogens with zero attached hydrogens (tertiary/aromatic N) is 3. The van der Waals surface area contributed by atoms with Crippen LogP contribution in [0.1, 0.15) is 30.9 Å². The fourth-order valence-corrected chi connectivity index (χ4v) is 2.44. The zero-order chi connectivity index (χ0) is 12.1. The molecule has 0 bridgehead atoms. The van der Waals surface area contributed by atoms with Crippen LogP contribution in [0.4, 0.5) is 0 Å². The van der Waals surface area contributed by atoms with Gasteiger partial charge < -0.3 is 15.0 Å².